The molecule has 0 bridgehead atoms. The highest BCUT2D eigenvalue weighted by molar-refractivity contribution is 8.15. The summed E-state index contributed by atoms with van der Waals surface area (Å²) >= 11 is 1.37. The van der Waals surface area contributed by atoms with Crippen LogP contribution in [0.25, 0.3) is 0 Å². The zero-order chi connectivity index (χ0) is 17.6. The van der Waals surface area contributed by atoms with Gasteiger partial charge in [-0.05, 0) is 35.7 Å². The Balaban J connectivity index is 1.64. The van der Waals surface area contributed by atoms with Crippen molar-refractivity contribution in [3.8, 4) is 11.5 Å². The molecule has 6 nitrogen and oxygen atoms in total. The quantitative estimate of drug-likeness (QED) is 0.638. The lowest BCUT2D eigenvalue weighted by atomic mass is 10.1. The molecular formula is C18H17N3O3S. The minimum absolute atomic E-state index is 0.0610. The normalized spacial score (nSPS) is 18.7. The monoisotopic (exact) mass is 355 g/mol. The highest BCUT2D eigenvalue weighted by Crippen LogP contribution is 2.26. The van der Waals surface area contributed by atoms with E-state index in [-0.39, 0.29) is 16.9 Å². The summed E-state index contributed by atoms with van der Waals surface area (Å²) in [6.07, 6.45) is 2.18. The molecule has 1 heterocycles. The number of amidine groups is 1. The van der Waals surface area contributed by atoms with Crippen LogP contribution in [0.2, 0.25) is 0 Å². The van der Waals surface area contributed by atoms with Crippen LogP contribution in [0.15, 0.2) is 58.7 Å². The van der Waals surface area contributed by atoms with Crippen molar-refractivity contribution < 1.29 is 14.6 Å². The Morgan fingerprint density at radius 2 is 2.08 bits per heavy atom. The van der Waals surface area contributed by atoms with Crippen molar-refractivity contribution in [2.45, 2.75) is 11.7 Å². The third-order valence-corrected chi connectivity index (χ3v) is 4.67. The molecule has 2 aromatic rings. The average molecular weight is 355 g/mol. The second kappa shape index (κ2) is 7.85. The van der Waals surface area contributed by atoms with Gasteiger partial charge < -0.3 is 15.2 Å². The summed E-state index contributed by atoms with van der Waals surface area (Å²) in [4.78, 5) is 12.0. The van der Waals surface area contributed by atoms with E-state index in [1.807, 2.05) is 30.3 Å². The second-order valence-electron chi connectivity index (χ2n) is 5.37. The SMILES string of the molecule is COc1cc(/C=N\N=C2NC(=O)[C@@H](Cc3ccccc3)S2)ccc1O. The molecule has 1 amide bonds. The number of rotatable bonds is 5. The van der Waals surface area contributed by atoms with Crippen LogP contribution in [-0.2, 0) is 11.2 Å². The molecule has 2 aromatic carbocycles. The van der Waals surface area contributed by atoms with E-state index in [9.17, 15) is 9.90 Å². The van der Waals surface area contributed by atoms with E-state index in [1.165, 1.54) is 31.2 Å². The molecule has 0 aromatic heterocycles. The van der Waals surface area contributed by atoms with Crippen LogP contribution in [0.4, 0.5) is 0 Å². The Morgan fingerprint density at radius 3 is 2.84 bits per heavy atom. The maximum Gasteiger partial charge on any atom is 0.239 e. The van der Waals surface area contributed by atoms with Gasteiger partial charge >= 0.3 is 0 Å². The van der Waals surface area contributed by atoms with Crippen LogP contribution >= 0.6 is 11.8 Å². The van der Waals surface area contributed by atoms with Gasteiger partial charge in [-0.15, -0.1) is 5.10 Å². The maximum atomic E-state index is 12.0. The Bertz CT molecular complexity index is 822. The number of benzene rings is 2. The number of aromatic hydroxyl groups is 1. The first-order valence-electron chi connectivity index (χ1n) is 7.65. The molecule has 0 unspecified atom stereocenters. The fourth-order valence-electron chi connectivity index (χ4n) is 2.34. The van der Waals surface area contributed by atoms with Gasteiger partial charge in [0.15, 0.2) is 16.7 Å². The lowest BCUT2D eigenvalue weighted by molar-refractivity contribution is -0.118. The van der Waals surface area contributed by atoms with Crippen molar-refractivity contribution in [3.63, 3.8) is 0 Å². The molecule has 1 fully saturated rings. The first kappa shape index (κ1) is 17.0. The van der Waals surface area contributed by atoms with E-state index in [2.05, 4.69) is 15.5 Å². The van der Waals surface area contributed by atoms with E-state index in [4.69, 9.17) is 4.74 Å². The maximum absolute atomic E-state index is 12.0. The van der Waals surface area contributed by atoms with Crippen LogP contribution in [0.1, 0.15) is 11.1 Å². The lowest BCUT2D eigenvalue weighted by Crippen LogP contribution is -2.25. The predicted octanol–water partition coefficient (Wildman–Crippen LogP) is 2.57. The number of carbonyl (C=O) groups excluding carboxylic acids is 1. The number of methoxy groups -OCH3 is 1. The molecule has 25 heavy (non-hydrogen) atoms. The van der Waals surface area contributed by atoms with E-state index in [0.717, 1.165) is 11.1 Å². The second-order valence-corrected chi connectivity index (χ2v) is 6.56. The molecule has 1 atom stereocenters. The minimum Gasteiger partial charge on any atom is -0.504 e. The number of hydrogen-bond acceptors (Lipinski definition) is 6. The summed E-state index contributed by atoms with van der Waals surface area (Å²) in [6, 6.07) is 14.7. The van der Waals surface area contributed by atoms with Crippen molar-refractivity contribution in [2.75, 3.05) is 7.11 Å². The molecule has 128 valence electrons. The minimum atomic E-state index is -0.204. The van der Waals surface area contributed by atoms with Crippen LogP contribution in [0.3, 0.4) is 0 Å². The Hall–Kier alpha value is -2.80. The topological polar surface area (TPSA) is 83.3 Å². The molecule has 0 aliphatic carbocycles. The molecule has 2 N–H and O–H groups in total. The van der Waals surface area contributed by atoms with Crippen LogP contribution in [-0.4, -0.2) is 34.8 Å². The van der Waals surface area contributed by atoms with Crippen molar-refractivity contribution in [3.05, 3.63) is 59.7 Å². The predicted molar refractivity (Wildman–Crippen MR) is 99.4 cm³/mol. The number of carbonyl (C=O) groups is 1. The van der Waals surface area contributed by atoms with Gasteiger partial charge in [0, 0.05) is 0 Å². The number of amides is 1. The molecule has 7 heteroatoms. The van der Waals surface area contributed by atoms with Gasteiger partial charge in [-0.25, -0.2) is 0 Å². The van der Waals surface area contributed by atoms with E-state index < -0.39 is 0 Å². The molecular weight excluding hydrogens is 338 g/mol. The molecule has 1 aliphatic rings. The molecule has 1 saturated heterocycles. The number of nitrogens with one attached hydrogen (secondary N) is 1. The van der Waals surface area contributed by atoms with Crippen LogP contribution < -0.4 is 10.1 Å². The van der Waals surface area contributed by atoms with Crippen molar-refractivity contribution in [2.24, 2.45) is 10.2 Å². The van der Waals surface area contributed by atoms with Crippen molar-refractivity contribution in [1.29, 1.82) is 0 Å². The van der Waals surface area contributed by atoms with Gasteiger partial charge in [0.1, 0.15) is 0 Å². The first-order chi connectivity index (χ1) is 12.2. The lowest BCUT2D eigenvalue weighted by Gasteiger charge is -2.04. The standard InChI is InChI=1S/C18H17N3O3S/c1-24-15-9-13(7-8-14(15)22)11-19-21-18-20-17(23)16(25-18)10-12-5-3-2-4-6-12/h2-9,11,16,22H,10H2,1H3,(H,20,21,23)/b19-11-/t16-/m1/s1. The van der Waals surface area contributed by atoms with E-state index >= 15 is 0 Å². The zero-order valence-corrected chi connectivity index (χ0v) is 14.4. The summed E-state index contributed by atoms with van der Waals surface area (Å²) in [5, 5.41) is 20.6. The molecule has 3 rings (SSSR count). The Kier molecular flexibility index (Phi) is 5.35. The highest BCUT2D eigenvalue weighted by atomic mass is 32.2. The Morgan fingerprint density at radius 1 is 1.28 bits per heavy atom. The van der Waals surface area contributed by atoms with Gasteiger partial charge in [-0.2, -0.15) is 5.10 Å². The summed E-state index contributed by atoms with van der Waals surface area (Å²) in [5.41, 5.74) is 1.84. The largest absolute Gasteiger partial charge is 0.504 e. The fraction of sp³-hybridized carbons (Fsp3) is 0.167. The van der Waals surface area contributed by atoms with Gasteiger partial charge in [0.2, 0.25) is 5.91 Å². The zero-order valence-electron chi connectivity index (χ0n) is 13.5. The molecule has 0 saturated carbocycles. The third-order valence-electron chi connectivity index (χ3n) is 3.60. The van der Waals surface area contributed by atoms with Crippen molar-refractivity contribution in [1.82, 2.24) is 5.32 Å². The van der Waals surface area contributed by atoms with Gasteiger partial charge in [0.25, 0.3) is 0 Å². The third kappa shape index (κ3) is 4.39. The summed E-state index contributed by atoms with van der Waals surface area (Å²) in [6.45, 7) is 0. The molecule has 0 radical (unpaired) electrons. The first-order valence-corrected chi connectivity index (χ1v) is 8.53. The number of phenolic OH excluding ortho intramolecular Hbond substituents is 1. The number of phenols is 1. The number of nitrogens with zero attached hydrogens (tertiary/aromatic N) is 2. The fourth-order valence-corrected chi connectivity index (χ4v) is 3.30. The average Bonchev–Trinajstić information content (AvgIpc) is 2.97. The van der Waals surface area contributed by atoms with E-state index in [0.29, 0.717) is 17.3 Å². The Labute approximate surface area is 149 Å². The molecule has 0 spiro atoms. The highest BCUT2D eigenvalue weighted by Gasteiger charge is 2.30. The van der Waals surface area contributed by atoms with Gasteiger partial charge in [-0.3, -0.25) is 4.79 Å². The summed E-state index contributed by atoms with van der Waals surface area (Å²) in [7, 11) is 1.48. The van der Waals surface area contributed by atoms with Gasteiger partial charge in [0.05, 0.1) is 18.6 Å². The number of hydrogen-bond donors (Lipinski definition) is 2. The number of thioether (sulfide) groups is 1. The van der Waals surface area contributed by atoms with Crippen LogP contribution in [0.5, 0.6) is 11.5 Å². The number of ether oxygens (including phenoxy) is 1. The smallest absolute Gasteiger partial charge is 0.239 e. The van der Waals surface area contributed by atoms with Gasteiger partial charge in [-0.1, -0.05) is 42.1 Å². The molecule has 1 aliphatic heterocycles. The summed E-state index contributed by atoms with van der Waals surface area (Å²) in [5.74, 6) is 0.366. The summed E-state index contributed by atoms with van der Waals surface area (Å²) < 4.78 is 5.04. The van der Waals surface area contributed by atoms with Crippen molar-refractivity contribution >= 4 is 29.1 Å². The van der Waals surface area contributed by atoms with Crippen LogP contribution in [0, 0.1) is 0 Å². The van der Waals surface area contributed by atoms with E-state index in [1.54, 1.807) is 12.1 Å².